The molecule has 1 fully saturated rings. The van der Waals surface area contributed by atoms with E-state index >= 15 is 0 Å². The van der Waals surface area contributed by atoms with E-state index in [0.29, 0.717) is 24.5 Å². The molecule has 2 aromatic rings. The number of aromatic nitrogens is 4. The lowest BCUT2D eigenvalue weighted by molar-refractivity contribution is 0.174. The first kappa shape index (κ1) is 15.3. The van der Waals surface area contributed by atoms with Gasteiger partial charge in [-0.1, -0.05) is 5.16 Å². The highest BCUT2D eigenvalue weighted by atomic mass is 16.5. The van der Waals surface area contributed by atoms with Crippen LogP contribution in [-0.2, 0) is 24.2 Å². The van der Waals surface area contributed by atoms with E-state index in [-0.39, 0.29) is 0 Å². The van der Waals surface area contributed by atoms with Gasteiger partial charge >= 0.3 is 6.01 Å². The zero-order valence-corrected chi connectivity index (χ0v) is 14.1. The van der Waals surface area contributed by atoms with E-state index < -0.39 is 0 Å². The molecule has 1 aliphatic heterocycles. The van der Waals surface area contributed by atoms with Crippen LogP contribution >= 0.6 is 0 Å². The maximum atomic E-state index is 5.29. The van der Waals surface area contributed by atoms with Crippen LogP contribution < -0.4 is 9.80 Å². The van der Waals surface area contributed by atoms with E-state index in [0.717, 1.165) is 31.7 Å². The summed E-state index contributed by atoms with van der Waals surface area (Å²) in [5.41, 5.74) is 2.54. The molecular weight excluding hydrogens is 308 g/mol. The van der Waals surface area contributed by atoms with Crippen LogP contribution in [0.25, 0.3) is 0 Å². The molecule has 0 saturated carbocycles. The number of ether oxygens (including phenoxy) is 1. The molecule has 2 aliphatic rings. The Morgan fingerprint density at radius 1 is 1.29 bits per heavy atom. The summed E-state index contributed by atoms with van der Waals surface area (Å²) in [4.78, 5) is 8.60. The smallest absolute Gasteiger partial charge is 0.324 e. The van der Waals surface area contributed by atoms with Gasteiger partial charge in [0.2, 0.25) is 0 Å². The minimum atomic E-state index is 0.332. The molecule has 8 nitrogen and oxygen atoms in total. The summed E-state index contributed by atoms with van der Waals surface area (Å²) >= 11 is 0. The van der Waals surface area contributed by atoms with Crippen molar-refractivity contribution in [3.63, 3.8) is 0 Å². The lowest BCUT2D eigenvalue weighted by atomic mass is 9.96. The monoisotopic (exact) mass is 330 g/mol. The van der Waals surface area contributed by atoms with Gasteiger partial charge in [-0.25, -0.2) is 0 Å². The van der Waals surface area contributed by atoms with Crippen LogP contribution in [0.1, 0.15) is 29.9 Å². The lowest BCUT2D eigenvalue weighted by Gasteiger charge is -2.43. The average molecular weight is 330 g/mol. The predicted octanol–water partition coefficient (Wildman–Crippen LogP) is 1.21. The molecule has 3 heterocycles. The van der Waals surface area contributed by atoms with Crippen LogP contribution in [0.4, 0.5) is 11.8 Å². The summed E-state index contributed by atoms with van der Waals surface area (Å²) < 4.78 is 10.3. The largest absolute Gasteiger partial charge is 0.377 e. The Bertz CT molecular complexity index is 712. The highest BCUT2D eigenvalue weighted by Gasteiger charge is 2.34. The summed E-state index contributed by atoms with van der Waals surface area (Å²) in [6.45, 7) is 2.12. The summed E-state index contributed by atoms with van der Waals surface area (Å²) in [6, 6.07) is 3.07. The molecule has 2 aromatic heterocycles. The van der Waals surface area contributed by atoms with Crippen molar-refractivity contribution in [3.05, 3.63) is 23.1 Å². The Balaban J connectivity index is 1.38. The van der Waals surface area contributed by atoms with Crippen LogP contribution in [0.5, 0.6) is 0 Å². The molecule has 0 radical (unpaired) electrons. The Hall–Kier alpha value is -2.22. The van der Waals surface area contributed by atoms with E-state index in [1.807, 2.05) is 11.9 Å². The van der Waals surface area contributed by atoms with Crippen LogP contribution in [0.15, 0.2) is 10.6 Å². The minimum Gasteiger partial charge on any atom is -0.377 e. The van der Waals surface area contributed by atoms with E-state index in [1.165, 1.54) is 24.1 Å². The van der Waals surface area contributed by atoms with Gasteiger partial charge in [0.15, 0.2) is 11.6 Å². The number of fused-ring (bicyclic) bond motifs is 1. The summed E-state index contributed by atoms with van der Waals surface area (Å²) in [5, 5.41) is 12.7. The van der Waals surface area contributed by atoms with E-state index in [1.54, 1.807) is 7.11 Å². The first-order valence-corrected chi connectivity index (χ1v) is 8.39. The van der Waals surface area contributed by atoms with Gasteiger partial charge in [-0.15, -0.1) is 5.10 Å². The normalized spacial score (nSPS) is 17.5. The van der Waals surface area contributed by atoms with Crippen LogP contribution in [0.3, 0.4) is 0 Å². The number of hydrogen-bond donors (Lipinski definition) is 0. The fourth-order valence-corrected chi connectivity index (χ4v) is 3.25. The van der Waals surface area contributed by atoms with Gasteiger partial charge in [0, 0.05) is 27.2 Å². The molecular formula is C16H22N6O2. The van der Waals surface area contributed by atoms with Crippen molar-refractivity contribution in [2.45, 2.75) is 38.3 Å². The third-order valence-corrected chi connectivity index (χ3v) is 4.82. The van der Waals surface area contributed by atoms with Gasteiger partial charge in [-0.3, -0.25) is 0 Å². The number of aryl methyl sites for hydroxylation is 2. The highest BCUT2D eigenvalue weighted by molar-refractivity contribution is 5.47. The van der Waals surface area contributed by atoms with Gasteiger partial charge < -0.3 is 19.1 Å². The molecule has 128 valence electrons. The van der Waals surface area contributed by atoms with Crippen molar-refractivity contribution in [1.29, 1.82) is 0 Å². The number of rotatable bonds is 5. The average Bonchev–Trinajstić information content (AvgIpc) is 3.02. The quantitative estimate of drug-likeness (QED) is 0.809. The fraction of sp³-hybridized carbons (Fsp3) is 0.625. The Morgan fingerprint density at radius 2 is 2.12 bits per heavy atom. The zero-order chi connectivity index (χ0) is 16.5. The number of methoxy groups -OCH3 is 1. The predicted molar refractivity (Wildman–Crippen MR) is 88.1 cm³/mol. The maximum absolute atomic E-state index is 5.29. The summed E-state index contributed by atoms with van der Waals surface area (Å²) in [6.07, 6.45) is 4.67. The molecule has 1 aliphatic carbocycles. The maximum Gasteiger partial charge on any atom is 0.324 e. The topological polar surface area (TPSA) is 80.4 Å². The van der Waals surface area contributed by atoms with Gasteiger partial charge in [-0.05, 0) is 37.3 Å². The molecule has 24 heavy (non-hydrogen) atoms. The zero-order valence-electron chi connectivity index (χ0n) is 14.1. The molecule has 4 rings (SSSR count). The second kappa shape index (κ2) is 6.35. The van der Waals surface area contributed by atoms with E-state index in [2.05, 4.69) is 31.3 Å². The number of likely N-dealkylation sites (N-methyl/N-ethyl adjacent to an activating group) is 1. The third kappa shape index (κ3) is 2.82. The summed E-state index contributed by atoms with van der Waals surface area (Å²) in [7, 11) is 3.59. The van der Waals surface area contributed by atoms with Crippen molar-refractivity contribution < 1.29 is 9.26 Å². The van der Waals surface area contributed by atoms with Gasteiger partial charge in [0.25, 0.3) is 0 Å². The lowest BCUT2D eigenvalue weighted by Crippen LogP contribution is -2.59. The number of nitrogens with zero attached hydrogens (tertiary/aromatic N) is 6. The molecule has 0 amide bonds. The van der Waals surface area contributed by atoms with Gasteiger partial charge in [0.1, 0.15) is 6.61 Å². The van der Waals surface area contributed by atoms with E-state index in [9.17, 15) is 0 Å². The number of anilines is 2. The Kier molecular flexibility index (Phi) is 4.05. The van der Waals surface area contributed by atoms with Crippen LogP contribution in [0, 0.1) is 0 Å². The SMILES string of the molecule is COCc1noc(N(C)C2CN(c3cc4c(nn3)CCCC4)C2)n1. The van der Waals surface area contributed by atoms with Crippen LogP contribution in [0.2, 0.25) is 0 Å². The number of hydrogen-bond acceptors (Lipinski definition) is 8. The molecule has 1 saturated heterocycles. The first-order chi connectivity index (χ1) is 11.7. The molecule has 0 bridgehead atoms. The minimum absolute atomic E-state index is 0.332. The third-order valence-electron chi connectivity index (χ3n) is 4.82. The summed E-state index contributed by atoms with van der Waals surface area (Å²) in [5.74, 6) is 1.54. The molecule has 0 spiro atoms. The fourth-order valence-electron chi connectivity index (χ4n) is 3.25. The Morgan fingerprint density at radius 3 is 2.96 bits per heavy atom. The van der Waals surface area contributed by atoms with Crippen molar-refractivity contribution in [2.24, 2.45) is 0 Å². The van der Waals surface area contributed by atoms with Crippen LogP contribution in [-0.4, -0.2) is 53.6 Å². The highest BCUT2D eigenvalue weighted by Crippen LogP contribution is 2.27. The van der Waals surface area contributed by atoms with Gasteiger partial charge in [0.05, 0.1) is 11.7 Å². The standard InChI is InChI=1S/C16H22N6O2/c1-21(16-17-14(10-23-2)20-24-16)12-8-22(9-12)15-7-11-5-3-4-6-13(11)18-19-15/h7,12H,3-6,8-10H2,1-2H3. The second-order valence-electron chi connectivity index (χ2n) is 6.48. The molecule has 0 unspecified atom stereocenters. The van der Waals surface area contributed by atoms with Crippen molar-refractivity contribution in [3.8, 4) is 0 Å². The molecule has 0 atom stereocenters. The van der Waals surface area contributed by atoms with Gasteiger partial charge in [-0.2, -0.15) is 10.1 Å². The molecule has 0 N–H and O–H groups in total. The molecule has 0 aromatic carbocycles. The Labute approximate surface area is 140 Å². The molecule has 8 heteroatoms. The first-order valence-electron chi connectivity index (χ1n) is 8.39. The van der Waals surface area contributed by atoms with Crippen molar-refractivity contribution in [2.75, 3.05) is 37.0 Å². The van der Waals surface area contributed by atoms with Crippen molar-refractivity contribution >= 4 is 11.8 Å². The second-order valence-corrected chi connectivity index (χ2v) is 6.48. The van der Waals surface area contributed by atoms with E-state index in [4.69, 9.17) is 9.26 Å². The van der Waals surface area contributed by atoms with Crippen molar-refractivity contribution in [1.82, 2.24) is 20.3 Å².